The molecule has 0 atom stereocenters. The largest absolute Gasteiger partial charge is 0.364 e. The van der Waals surface area contributed by atoms with Gasteiger partial charge in [-0.15, -0.1) is 0 Å². The maximum Gasteiger partial charge on any atom is 0.256 e. The minimum Gasteiger partial charge on any atom is -0.364 e. The van der Waals surface area contributed by atoms with Crippen molar-refractivity contribution in [3.05, 3.63) is 33.2 Å². The van der Waals surface area contributed by atoms with E-state index in [1.807, 2.05) is 6.92 Å². The van der Waals surface area contributed by atoms with Gasteiger partial charge in [0.1, 0.15) is 5.56 Å². The highest BCUT2D eigenvalue weighted by molar-refractivity contribution is 5.94. The van der Waals surface area contributed by atoms with Crippen molar-refractivity contribution in [1.29, 1.82) is 0 Å². The molecule has 1 aromatic rings. The molecule has 0 fully saturated rings. The maximum absolute atomic E-state index is 12.1. The lowest BCUT2D eigenvalue weighted by molar-refractivity contribution is 0.0952. The summed E-state index contributed by atoms with van der Waals surface area (Å²) in [5.41, 5.74) is 1.97. The molecule has 1 aliphatic rings. The first-order valence-corrected chi connectivity index (χ1v) is 6.25. The summed E-state index contributed by atoms with van der Waals surface area (Å²) in [6, 6.07) is 0. The first kappa shape index (κ1) is 11.9. The molecule has 1 aliphatic carbocycles. The monoisotopic (exact) mass is 234 g/mol. The lowest BCUT2D eigenvalue weighted by Gasteiger charge is -2.15. The van der Waals surface area contributed by atoms with Crippen molar-refractivity contribution in [2.75, 3.05) is 6.54 Å². The minimum absolute atomic E-state index is 0.0907. The van der Waals surface area contributed by atoms with Crippen LogP contribution in [0.1, 0.15) is 47.8 Å². The number of aromatic nitrogens is 1. The van der Waals surface area contributed by atoms with E-state index in [1.54, 1.807) is 6.20 Å². The number of carbonyl (C=O) groups is 1. The average molecular weight is 234 g/mol. The van der Waals surface area contributed by atoms with Crippen LogP contribution < -0.4 is 10.7 Å². The Morgan fingerprint density at radius 3 is 2.94 bits per heavy atom. The van der Waals surface area contributed by atoms with Crippen LogP contribution in [0.15, 0.2) is 11.0 Å². The molecule has 1 heterocycles. The summed E-state index contributed by atoms with van der Waals surface area (Å²) in [5, 5.41) is 2.74. The third kappa shape index (κ3) is 2.40. The first-order valence-electron chi connectivity index (χ1n) is 6.25. The van der Waals surface area contributed by atoms with E-state index in [4.69, 9.17) is 0 Å². The Morgan fingerprint density at radius 2 is 2.18 bits per heavy atom. The summed E-state index contributed by atoms with van der Waals surface area (Å²) in [6.45, 7) is 2.59. The smallest absolute Gasteiger partial charge is 0.256 e. The van der Waals surface area contributed by atoms with Crippen molar-refractivity contribution in [2.24, 2.45) is 0 Å². The summed E-state index contributed by atoms with van der Waals surface area (Å²) in [7, 11) is 0. The summed E-state index contributed by atoms with van der Waals surface area (Å²) >= 11 is 0. The number of nitrogens with one attached hydrogen (secondary N) is 2. The molecule has 17 heavy (non-hydrogen) atoms. The van der Waals surface area contributed by atoms with Gasteiger partial charge >= 0.3 is 0 Å². The fourth-order valence-electron chi connectivity index (χ4n) is 2.20. The third-order valence-electron chi connectivity index (χ3n) is 3.16. The van der Waals surface area contributed by atoms with Gasteiger partial charge in [-0.3, -0.25) is 9.59 Å². The number of H-pyrrole nitrogens is 1. The van der Waals surface area contributed by atoms with Crippen molar-refractivity contribution in [3.63, 3.8) is 0 Å². The third-order valence-corrected chi connectivity index (χ3v) is 3.16. The molecule has 0 saturated carbocycles. The number of amides is 1. The molecule has 0 unspecified atom stereocenters. The highest BCUT2D eigenvalue weighted by Crippen LogP contribution is 2.16. The van der Waals surface area contributed by atoms with Crippen molar-refractivity contribution in [2.45, 2.75) is 39.0 Å². The van der Waals surface area contributed by atoms with Crippen molar-refractivity contribution in [1.82, 2.24) is 10.3 Å². The molecule has 4 heteroatoms. The van der Waals surface area contributed by atoms with E-state index in [9.17, 15) is 9.59 Å². The number of aryl methyl sites for hydroxylation is 1. The number of fused-ring (bicyclic) bond motifs is 1. The fraction of sp³-hybridized carbons (Fsp3) is 0.538. The molecular formula is C13H18N2O2. The van der Waals surface area contributed by atoms with Crippen LogP contribution in [0.2, 0.25) is 0 Å². The summed E-state index contributed by atoms with van der Waals surface area (Å²) in [6.07, 6.45) is 6.29. The van der Waals surface area contributed by atoms with Crippen LogP contribution in [0.4, 0.5) is 0 Å². The number of carbonyl (C=O) groups excluding carboxylic acids is 1. The summed E-state index contributed by atoms with van der Waals surface area (Å²) in [5.74, 6) is -0.263. The van der Waals surface area contributed by atoms with Crippen molar-refractivity contribution >= 4 is 5.91 Å². The van der Waals surface area contributed by atoms with E-state index < -0.39 is 0 Å². The van der Waals surface area contributed by atoms with E-state index in [1.165, 1.54) is 0 Å². The van der Waals surface area contributed by atoms with Gasteiger partial charge in [0.2, 0.25) is 0 Å². The predicted molar refractivity (Wildman–Crippen MR) is 66.3 cm³/mol. The predicted octanol–water partition coefficient (Wildman–Crippen LogP) is 1.39. The van der Waals surface area contributed by atoms with Crippen LogP contribution in [-0.2, 0) is 12.8 Å². The van der Waals surface area contributed by atoms with E-state index >= 15 is 0 Å². The molecule has 0 aliphatic heterocycles. The second kappa shape index (κ2) is 5.17. The summed E-state index contributed by atoms with van der Waals surface area (Å²) < 4.78 is 0. The molecule has 0 aromatic carbocycles. The highest BCUT2D eigenvalue weighted by atomic mass is 16.2. The molecule has 0 radical (unpaired) electrons. The molecule has 4 nitrogen and oxygen atoms in total. The molecule has 1 amide bonds. The zero-order valence-electron chi connectivity index (χ0n) is 10.1. The van der Waals surface area contributed by atoms with Gasteiger partial charge in [-0.1, -0.05) is 6.92 Å². The molecule has 0 saturated heterocycles. The van der Waals surface area contributed by atoms with E-state index in [0.717, 1.165) is 43.4 Å². The van der Waals surface area contributed by atoms with Crippen molar-refractivity contribution in [3.8, 4) is 0 Å². The standard InChI is InChI=1S/C13H18N2O2/c1-2-7-14-13(17)10-8-15-11-6-4-3-5-9(11)12(10)16/h8H,2-7H2,1H3,(H,14,17)(H,15,16). The minimum atomic E-state index is -0.263. The van der Waals surface area contributed by atoms with Crippen LogP contribution in [0.25, 0.3) is 0 Å². The van der Waals surface area contributed by atoms with Gasteiger partial charge in [0, 0.05) is 24.0 Å². The topological polar surface area (TPSA) is 62.0 Å². The molecule has 92 valence electrons. The van der Waals surface area contributed by atoms with Gasteiger partial charge in [-0.2, -0.15) is 0 Å². The molecule has 2 rings (SSSR count). The number of hydrogen-bond donors (Lipinski definition) is 2. The average Bonchev–Trinajstić information content (AvgIpc) is 2.37. The van der Waals surface area contributed by atoms with Gasteiger partial charge in [0.25, 0.3) is 5.91 Å². The molecule has 1 aromatic heterocycles. The Hall–Kier alpha value is -1.58. The van der Waals surface area contributed by atoms with Crippen LogP contribution in [0.5, 0.6) is 0 Å². The van der Waals surface area contributed by atoms with E-state index in [-0.39, 0.29) is 16.9 Å². The molecule has 0 spiro atoms. The maximum atomic E-state index is 12.1. The number of aromatic amines is 1. The number of hydrogen-bond acceptors (Lipinski definition) is 2. The SMILES string of the molecule is CCCNC(=O)c1c[nH]c2c(c1=O)CCCC2. The molecule has 2 N–H and O–H groups in total. The lowest BCUT2D eigenvalue weighted by atomic mass is 9.94. The van der Waals surface area contributed by atoms with Crippen LogP contribution in [0.3, 0.4) is 0 Å². The van der Waals surface area contributed by atoms with Gasteiger partial charge in [0.05, 0.1) is 0 Å². The second-order valence-electron chi connectivity index (χ2n) is 4.45. The van der Waals surface area contributed by atoms with Gasteiger partial charge in [-0.05, 0) is 32.1 Å². The Bertz CT molecular complexity index is 477. The Labute approximate surface area is 100 Å². The lowest BCUT2D eigenvalue weighted by Crippen LogP contribution is -2.32. The van der Waals surface area contributed by atoms with E-state index in [0.29, 0.717) is 6.54 Å². The van der Waals surface area contributed by atoms with Crippen LogP contribution in [0, 0.1) is 0 Å². The number of rotatable bonds is 3. The Balaban J connectivity index is 2.30. The quantitative estimate of drug-likeness (QED) is 0.830. The molecular weight excluding hydrogens is 216 g/mol. The highest BCUT2D eigenvalue weighted by Gasteiger charge is 2.18. The Kier molecular flexibility index (Phi) is 3.61. The fourth-order valence-corrected chi connectivity index (χ4v) is 2.20. The zero-order chi connectivity index (χ0) is 12.3. The Morgan fingerprint density at radius 1 is 1.41 bits per heavy atom. The van der Waals surface area contributed by atoms with Crippen LogP contribution >= 0.6 is 0 Å². The van der Waals surface area contributed by atoms with Crippen LogP contribution in [-0.4, -0.2) is 17.4 Å². The normalized spacial score (nSPS) is 14.2. The van der Waals surface area contributed by atoms with Gasteiger partial charge in [-0.25, -0.2) is 0 Å². The van der Waals surface area contributed by atoms with Gasteiger partial charge in [0.15, 0.2) is 5.43 Å². The number of pyridine rings is 1. The first-order chi connectivity index (χ1) is 8.24. The zero-order valence-corrected chi connectivity index (χ0v) is 10.1. The second-order valence-corrected chi connectivity index (χ2v) is 4.45. The van der Waals surface area contributed by atoms with Gasteiger partial charge < -0.3 is 10.3 Å². The van der Waals surface area contributed by atoms with Crippen molar-refractivity contribution < 1.29 is 4.79 Å². The van der Waals surface area contributed by atoms with E-state index in [2.05, 4.69) is 10.3 Å². The molecule has 0 bridgehead atoms. The summed E-state index contributed by atoms with van der Waals surface area (Å²) in [4.78, 5) is 27.0.